The maximum atomic E-state index is 12.5. The number of ether oxygens (including phenoxy) is 1. The molecule has 0 bridgehead atoms. The molecule has 0 aliphatic heterocycles. The first-order valence-corrected chi connectivity index (χ1v) is 11.9. The standard InChI is InChI=1S/C30H28N4O2/c1-3-34(4-2)28-15-13-27(14-16-28)33-32-26-11-9-25(10-12-26)30(35)36-29-17-7-23(8-18-29)5-6-24-19-21-31-22-20-24/h5-22H,3-4H2,1-2H3. The highest BCUT2D eigenvalue weighted by molar-refractivity contribution is 5.91. The molecule has 6 nitrogen and oxygen atoms in total. The van der Waals surface area contributed by atoms with Crippen LogP contribution in [-0.4, -0.2) is 24.0 Å². The van der Waals surface area contributed by atoms with Gasteiger partial charge in [-0.05, 0) is 97.8 Å². The SMILES string of the molecule is CCN(CC)c1ccc(N=Nc2ccc(C(=O)Oc3ccc(C=Cc4ccncc4)cc3)cc2)cc1. The number of benzene rings is 3. The molecule has 0 amide bonds. The molecule has 0 unspecified atom stereocenters. The van der Waals surface area contributed by atoms with Crippen LogP contribution in [0.15, 0.2) is 108 Å². The van der Waals surface area contributed by atoms with E-state index < -0.39 is 5.97 Å². The van der Waals surface area contributed by atoms with E-state index in [0.29, 0.717) is 17.0 Å². The van der Waals surface area contributed by atoms with Crippen LogP contribution in [0, 0.1) is 0 Å². The Morgan fingerprint density at radius 1 is 0.750 bits per heavy atom. The number of hydrogen-bond donors (Lipinski definition) is 0. The number of anilines is 1. The van der Waals surface area contributed by atoms with Crippen LogP contribution < -0.4 is 9.64 Å². The summed E-state index contributed by atoms with van der Waals surface area (Å²) in [5.74, 6) is 0.0588. The topological polar surface area (TPSA) is 67.2 Å². The first-order valence-electron chi connectivity index (χ1n) is 11.9. The van der Waals surface area contributed by atoms with Crippen LogP contribution in [0.5, 0.6) is 5.75 Å². The van der Waals surface area contributed by atoms with Gasteiger partial charge < -0.3 is 9.64 Å². The second kappa shape index (κ2) is 12.2. The lowest BCUT2D eigenvalue weighted by atomic mass is 10.1. The van der Waals surface area contributed by atoms with Gasteiger partial charge in [-0.2, -0.15) is 10.2 Å². The van der Waals surface area contributed by atoms with E-state index in [0.717, 1.165) is 35.6 Å². The highest BCUT2D eigenvalue weighted by Gasteiger charge is 2.08. The fraction of sp³-hybridized carbons (Fsp3) is 0.133. The van der Waals surface area contributed by atoms with Crippen molar-refractivity contribution in [1.29, 1.82) is 0 Å². The third kappa shape index (κ3) is 6.73. The van der Waals surface area contributed by atoms with Crippen LogP contribution in [0.1, 0.15) is 35.3 Å². The molecule has 1 aromatic heterocycles. The van der Waals surface area contributed by atoms with E-state index >= 15 is 0 Å². The first-order chi connectivity index (χ1) is 17.6. The van der Waals surface area contributed by atoms with Crippen molar-refractivity contribution in [3.8, 4) is 5.75 Å². The van der Waals surface area contributed by atoms with Crippen LogP contribution in [0.2, 0.25) is 0 Å². The van der Waals surface area contributed by atoms with Gasteiger partial charge in [0.2, 0.25) is 0 Å². The second-order valence-corrected chi connectivity index (χ2v) is 8.01. The molecule has 36 heavy (non-hydrogen) atoms. The van der Waals surface area contributed by atoms with E-state index in [9.17, 15) is 4.79 Å². The van der Waals surface area contributed by atoms with Gasteiger partial charge in [-0.3, -0.25) is 4.98 Å². The Bertz CT molecular complexity index is 1310. The largest absolute Gasteiger partial charge is 0.423 e. The Hall–Kier alpha value is -4.58. The minimum atomic E-state index is -0.425. The Morgan fingerprint density at radius 2 is 1.28 bits per heavy atom. The molecule has 4 aromatic rings. The zero-order valence-electron chi connectivity index (χ0n) is 20.4. The quantitative estimate of drug-likeness (QED) is 0.141. The predicted octanol–water partition coefficient (Wildman–Crippen LogP) is 7.73. The van der Waals surface area contributed by atoms with E-state index in [1.165, 1.54) is 0 Å². The van der Waals surface area contributed by atoms with Crippen molar-refractivity contribution in [2.45, 2.75) is 13.8 Å². The summed E-state index contributed by atoms with van der Waals surface area (Å²) >= 11 is 0. The minimum absolute atomic E-state index is 0.425. The van der Waals surface area contributed by atoms with E-state index in [-0.39, 0.29) is 0 Å². The third-order valence-corrected chi connectivity index (χ3v) is 5.63. The molecule has 6 heteroatoms. The molecule has 4 rings (SSSR count). The van der Waals surface area contributed by atoms with Crippen molar-refractivity contribution in [3.05, 3.63) is 114 Å². The monoisotopic (exact) mass is 476 g/mol. The van der Waals surface area contributed by atoms with Gasteiger partial charge in [0.15, 0.2) is 0 Å². The second-order valence-electron chi connectivity index (χ2n) is 8.01. The maximum Gasteiger partial charge on any atom is 0.343 e. The van der Waals surface area contributed by atoms with Crippen LogP contribution in [0.4, 0.5) is 17.1 Å². The number of azo groups is 1. The molecule has 0 fully saturated rings. The van der Waals surface area contributed by atoms with Gasteiger partial charge in [0.25, 0.3) is 0 Å². The number of carbonyl (C=O) groups excluding carboxylic acids is 1. The van der Waals surface area contributed by atoms with E-state index in [4.69, 9.17) is 4.74 Å². The molecule has 0 N–H and O–H groups in total. The summed E-state index contributed by atoms with van der Waals surface area (Å²) in [5, 5.41) is 8.57. The predicted molar refractivity (Wildman–Crippen MR) is 145 cm³/mol. The number of esters is 1. The van der Waals surface area contributed by atoms with Gasteiger partial charge in [-0.25, -0.2) is 4.79 Å². The molecule has 3 aromatic carbocycles. The smallest absolute Gasteiger partial charge is 0.343 e. The molecule has 0 spiro atoms. The van der Waals surface area contributed by atoms with Gasteiger partial charge in [0.1, 0.15) is 5.75 Å². The fourth-order valence-corrected chi connectivity index (χ4v) is 3.58. The Labute approximate surface area is 211 Å². The van der Waals surface area contributed by atoms with Crippen LogP contribution >= 0.6 is 0 Å². The summed E-state index contributed by atoms with van der Waals surface area (Å²) in [6.45, 7) is 6.19. The van der Waals surface area contributed by atoms with Crippen molar-refractivity contribution in [2.75, 3.05) is 18.0 Å². The molecular formula is C30H28N4O2. The Kier molecular flexibility index (Phi) is 8.33. The van der Waals surface area contributed by atoms with E-state index in [2.05, 4.69) is 34.0 Å². The minimum Gasteiger partial charge on any atom is -0.423 e. The van der Waals surface area contributed by atoms with Gasteiger partial charge in [-0.15, -0.1) is 0 Å². The third-order valence-electron chi connectivity index (χ3n) is 5.63. The summed E-state index contributed by atoms with van der Waals surface area (Å²) in [4.78, 5) is 18.8. The summed E-state index contributed by atoms with van der Waals surface area (Å²) in [5.41, 5.74) is 5.11. The summed E-state index contributed by atoms with van der Waals surface area (Å²) in [6.07, 6.45) is 7.50. The zero-order valence-corrected chi connectivity index (χ0v) is 20.4. The fourth-order valence-electron chi connectivity index (χ4n) is 3.58. The number of rotatable bonds is 9. The van der Waals surface area contributed by atoms with E-state index in [1.54, 1.807) is 48.8 Å². The zero-order chi connectivity index (χ0) is 25.2. The van der Waals surface area contributed by atoms with Gasteiger partial charge in [0, 0.05) is 31.2 Å². The Balaban J connectivity index is 1.33. The van der Waals surface area contributed by atoms with E-state index in [1.807, 2.05) is 60.7 Å². The van der Waals surface area contributed by atoms with Crippen LogP contribution in [-0.2, 0) is 0 Å². The van der Waals surface area contributed by atoms with Crippen molar-refractivity contribution in [3.63, 3.8) is 0 Å². The van der Waals surface area contributed by atoms with Crippen molar-refractivity contribution < 1.29 is 9.53 Å². The van der Waals surface area contributed by atoms with Crippen molar-refractivity contribution in [1.82, 2.24) is 4.98 Å². The number of nitrogens with zero attached hydrogens (tertiary/aromatic N) is 4. The number of carbonyl (C=O) groups is 1. The summed E-state index contributed by atoms with van der Waals surface area (Å²) in [7, 11) is 0. The number of hydrogen-bond acceptors (Lipinski definition) is 6. The molecule has 180 valence electrons. The molecule has 0 radical (unpaired) electrons. The van der Waals surface area contributed by atoms with Crippen molar-refractivity contribution >= 4 is 35.2 Å². The molecule has 0 atom stereocenters. The summed E-state index contributed by atoms with van der Waals surface area (Å²) in [6, 6.07) is 26.1. The lowest BCUT2D eigenvalue weighted by Gasteiger charge is -2.20. The molecule has 0 aliphatic rings. The van der Waals surface area contributed by atoms with Gasteiger partial charge >= 0.3 is 5.97 Å². The maximum absolute atomic E-state index is 12.5. The van der Waals surface area contributed by atoms with Crippen LogP contribution in [0.3, 0.4) is 0 Å². The molecule has 1 heterocycles. The van der Waals surface area contributed by atoms with Crippen LogP contribution in [0.25, 0.3) is 12.2 Å². The molecule has 0 aliphatic carbocycles. The highest BCUT2D eigenvalue weighted by atomic mass is 16.5. The normalized spacial score (nSPS) is 11.2. The van der Waals surface area contributed by atoms with Crippen molar-refractivity contribution in [2.24, 2.45) is 10.2 Å². The molecule has 0 saturated carbocycles. The lowest BCUT2D eigenvalue weighted by Crippen LogP contribution is -2.21. The number of aromatic nitrogens is 1. The first kappa shape index (κ1) is 24.5. The molecule has 0 saturated heterocycles. The number of pyridine rings is 1. The summed E-state index contributed by atoms with van der Waals surface area (Å²) < 4.78 is 5.51. The highest BCUT2D eigenvalue weighted by Crippen LogP contribution is 2.23. The van der Waals surface area contributed by atoms with Gasteiger partial charge in [0.05, 0.1) is 16.9 Å². The molecular weight excluding hydrogens is 448 g/mol. The average Bonchev–Trinajstić information content (AvgIpc) is 2.94. The van der Waals surface area contributed by atoms with Gasteiger partial charge in [-0.1, -0.05) is 24.3 Å². The lowest BCUT2D eigenvalue weighted by molar-refractivity contribution is 0.0735. The Morgan fingerprint density at radius 3 is 1.83 bits per heavy atom. The average molecular weight is 477 g/mol.